The maximum Gasteiger partial charge on any atom is 0.237 e. The first-order valence-electron chi connectivity index (χ1n) is 7.92. The molecule has 126 valence electrons. The van der Waals surface area contributed by atoms with Gasteiger partial charge in [-0.25, -0.2) is 0 Å². The lowest BCUT2D eigenvalue weighted by atomic mass is 9.97. The molecule has 0 bridgehead atoms. The van der Waals surface area contributed by atoms with Crippen LogP contribution in [0.15, 0.2) is 24.3 Å². The summed E-state index contributed by atoms with van der Waals surface area (Å²) in [5.41, 5.74) is 6.94. The van der Waals surface area contributed by atoms with E-state index in [4.69, 9.17) is 17.3 Å². The molecule has 1 aliphatic rings. The Morgan fingerprint density at radius 3 is 2.61 bits per heavy atom. The summed E-state index contributed by atoms with van der Waals surface area (Å²) in [5, 5.41) is 3.60. The predicted octanol–water partition coefficient (Wildman–Crippen LogP) is 2.10. The van der Waals surface area contributed by atoms with Gasteiger partial charge in [-0.05, 0) is 23.6 Å². The van der Waals surface area contributed by atoms with Crippen LogP contribution in [0.25, 0.3) is 0 Å². The first-order valence-corrected chi connectivity index (χ1v) is 8.30. The summed E-state index contributed by atoms with van der Waals surface area (Å²) in [6.45, 7) is 3.95. The smallest absolute Gasteiger partial charge is 0.237 e. The third-order valence-corrected chi connectivity index (χ3v) is 4.94. The Morgan fingerprint density at radius 1 is 1.43 bits per heavy atom. The van der Waals surface area contributed by atoms with Crippen molar-refractivity contribution in [1.82, 2.24) is 10.2 Å². The van der Waals surface area contributed by atoms with Gasteiger partial charge in [0.2, 0.25) is 11.8 Å². The standard InChI is InChI=1S/C17H24ClN3O2/c1-4-10(2)15(19)17(23)20-13-9-14(22)21(3)16(13)11-5-7-12(18)8-6-11/h5-8,10,13,15-16H,4,9,19H2,1-3H3,(H,20,23). The number of benzene rings is 1. The number of nitrogens with one attached hydrogen (secondary N) is 1. The summed E-state index contributed by atoms with van der Waals surface area (Å²) in [4.78, 5) is 26.1. The first-order chi connectivity index (χ1) is 10.8. The average molecular weight is 338 g/mol. The van der Waals surface area contributed by atoms with Crippen molar-refractivity contribution in [3.63, 3.8) is 0 Å². The summed E-state index contributed by atoms with van der Waals surface area (Å²) in [6, 6.07) is 6.30. The highest BCUT2D eigenvalue weighted by Crippen LogP contribution is 2.32. The fourth-order valence-corrected chi connectivity index (χ4v) is 3.03. The minimum atomic E-state index is -0.563. The minimum absolute atomic E-state index is 0.00682. The van der Waals surface area contributed by atoms with Gasteiger partial charge in [0.1, 0.15) is 0 Å². The molecule has 23 heavy (non-hydrogen) atoms. The zero-order chi connectivity index (χ0) is 17.1. The van der Waals surface area contributed by atoms with Crippen LogP contribution in [0.1, 0.15) is 38.3 Å². The second kappa shape index (κ2) is 7.32. The molecule has 1 saturated heterocycles. The minimum Gasteiger partial charge on any atom is -0.349 e. The van der Waals surface area contributed by atoms with Gasteiger partial charge >= 0.3 is 0 Å². The molecule has 0 spiro atoms. The number of halogens is 1. The summed E-state index contributed by atoms with van der Waals surface area (Å²) >= 11 is 5.93. The summed E-state index contributed by atoms with van der Waals surface area (Å²) in [6.07, 6.45) is 1.11. The van der Waals surface area contributed by atoms with Gasteiger partial charge < -0.3 is 16.0 Å². The van der Waals surface area contributed by atoms with Crippen LogP contribution in [0.2, 0.25) is 5.02 Å². The van der Waals surface area contributed by atoms with Gasteiger partial charge in [-0.1, -0.05) is 44.0 Å². The number of carbonyl (C=O) groups excluding carboxylic acids is 2. The van der Waals surface area contributed by atoms with E-state index >= 15 is 0 Å². The van der Waals surface area contributed by atoms with Gasteiger partial charge in [0, 0.05) is 18.5 Å². The zero-order valence-electron chi connectivity index (χ0n) is 13.8. The lowest BCUT2D eigenvalue weighted by Crippen LogP contribution is -2.49. The van der Waals surface area contributed by atoms with Crippen molar-refractivity contribution in [1.29, 1.82) is 0 Å². The highest BCUT2D eigenvalue weighted by Gasteiger charge is 2.40. The summed E-state index contributed by atoms with van der Waals surface area (Å²) in [7, 11) is 1.75. The van der Waals surface area contributed by atoms with Crippen LogP contribution < -0.4 is 11.1 Å². The van der Waals surface area contributed by atoms with Gasteiger partial charge in [0.05, 0.1) is 18.1 Å². The lowest BCUT2D eigenvalue weighted by molar-refractivity contribution is -0.127. The molecular weight excluding hydrogens is 314 g/mol. The van der Waals surface area contributed by atoms with Crippen LogP contribution in [0.5, 0.6) is 0 Å². The molecular formula is C17H24ClN3O2. The number of rotatable bonds is 5. The summed E-state index contributed by atoms with van der Waals surface area (Å²) < 4.78 is 0. The SMILES string of the molecule is CCC(C)C(N)C(=O)NC1CC(=O)N(C)C1c1ccc(Cl)cc1. The average Bonchev–Trinajstić information content (AvgIpc) is 2.81. The predicted molar refractivity (Wildman–Crippen MR) is 90.9 cm³/mol. The van der Waals surface area contributed by atoms with E-state index in [0.717, 1.165) is 12.0 Å². The molecule has 1 heterocycles. The third kappa shape index (κ3) is 3.85. The van der Waals surface area contributed by atoms with Gasteiger partial charge in [-0.2, -0.15) is 0 Å². The molecule has 6 heteroatoms. The van der Waals surface area contributed by atoms with Crippen molar-refractivity contribution in [2.75, 3.05) is 7.05 Å². The highest BCUT2D eigenvalue weighted by molar-refractivity contribution is 6.30. The zero-order valence-corrected chi connectivity index (χ0v) is 14.5. The van der Waals surface area contributed by atoms with Gasteiger partial charge in [-0.15, -0.1) is 0 Å². The number of likely N-dealkylation sites (N-methyl/N-ethyl adjacent to an activating group) is 1. The van der Waals surface area contributed by atoms with E-state index in [1.165, 1.54) is 0 Å². The third-order valence-electron chi connectivity index (χ3n) is 4.69. The van der Waals surface area contributed by atoms with Crippen LogP contribution in [0, 0.1) is 5.92 Å². The van der Waals surface area contributed by atoms with Crippen LogP contribution >= 0.6 is 11.6 Å². The molecule has 1 aromatic carbocycles. The van der Waals surface area contributed by atoms with Gasteiger partial charge in [0.25, 0.3) is 0 Å². The topological polar surface area (TPSA) is 75.4 Å². The van der Waals surface area contributed by atoms with Crippen LogP contribution in [0.4, 0.5) is 0 Å². The highest BCUT2D eigenvalue weighted by atomic mass is 35.5. The van der Waals surface area contributed by atoms with Crippen molar-refractivity contribution >= 4 is 23.4 Å². The number of hydrogen-bond donors (Lipinski definition) is 2. The Kier molecular flexibility index (Phi) is 5.65. The van der Waals surface area contributed by atoms with Gasteiger partial charge in [0.15, 0.2) is 0 Å². The largest absolute Gasteiger partial charge is 0.349 e. The molecule has 3 N–H and O–H groups in total. The Labute approximate surface area is 142 Å². The number of hydrogen-bond acceptors (Lipinski definition) is 3. The molecule has 4 unspecified atom stereocenters. The number of likely N-dealkylation sites (tertiary alicyclic amines) is 1. The molecule has 1 aromatic rings. The molecule has 0 radical (unpaired) electrons. The summed E-state index contributed by atoms with van der Waals surface area (Å²) in [5.74, 6) is -0.0995. The molecule has 0 aromatic heterocycles. The molecule has 4 atom stereocenters. The molecule has 2 rings (SSSR count). The van der Waals surface area contributed by atoms with Crippen LogP contribution in [-0.2, 0) is 9.59 Å². The van der Waals surface area contributed by atoms with E-state index in [1.807, 2.05) is 26.0 Å². The van der Waals surface area contributed by atoms with Gasteiger partial charge in [-0.3, -0.25) is 9.59 Å². The Morgan fingerprint density at radius 2 is 2.04 bits per heavy atom. The second-order valence-corrected chi connectivity index (χ2v) is 6.67. The molecule has 0 saturated carbocycles. The monoisotopic (exact) mass is 337 g/mol. The Hall–Kier alpha value is -1.59. The maximum absolute atomic E-state index is 12.4. The molecule has 0 aliphatic carbocycles. The van der Waals surface area contributed by atoms with E-state index in [0.29, 0.717) is 5.02 Å². The second-order valence-electron chi connectivity index (χ2n) is 6.23. The fourth-order valence-electron chi connectivity index (χ4n) is 2.91. The molecule has 5 nitrogen and oxygen atoms in total. The molecule has 2 amide bonds. The fraction of sp³-hybridized carbons (Fsp3) is 0.529. The van der Waals surface area contributed by atoms with E-state index in [9.17, 15) is 9.59 Å². The number of amides is 2. The van der Waals surface area contributed by atoms with E-state index in [-0.39, 0.29) is 36.2 Å². The first kappa shape index (κ1) is 17.8. The number of nitrogens with zero attached hydrogens (tertiary/aromatic N) is 1. The Bertz CT molecular complexity index is 576. The van der Waals surface area contributed by atoms with Crippen molar-refractivity contribution in [3.05, 3.63) is 34.9 Å². The maximum atomic E-state index is 12.4. The van der Waals surface area contributed by atoms with Crippen LogP contribution in [0.3, 0.4) is 0 Å². The van der Waals surface area contributed by atoms with Crippen LogP contribution in [-0.4, -0.2) is 35.8 Å². The van der Waals surface area contributed by atoms with Crippen molar-refractivity contribution in [3.8, 4) is 0 Å². The number of nitrogens with two attached hydrogens (primary N) is 1. The lowest BCUT2D eigenvalue weighted by Gasteiger charge is -2.27. The molecule has 1 aliphatic heterocycles. The van der Waals surface area contributed by atoms with E-state index in [1.54, 1.807) is 24.1 Å². The normalized spacial score (nSPS) is 23.7. The van der Waals surface area contributed by atoms with Crippen molar-refractivity contribution in [2.45, 2.75) is 44.8 Å². The Balaban J connectivity index is 2.17. The number of carbonyl (C=O) groups is 2. The van der Waals surface area contributed by atoms with E-state index in [2.05, 4.69) is 5.32 Å². The quantitative estimate of drug-likeness (QED) is 0.864. The van der Waals surface area contributed by atoms with Crippen molar-refractivity contribution < 1.29 is 9.59 Å². The molecule has 1 fully saturated rings. The van der Waals surface area contributed by atoms with E-state index < -0.39 is 6.04 Å². The van der Waals surface area contributed by atoms with Crippen molar-refractivity contribution in [2.24, 2.45) is 11.7 Å².